The lowest BCUT2D eigenvalue weighted by Gasteiger charge is -2.27. The van der Waals surface area contributed by atoms with Crippen molar-refractivity contribution in [2.45, 2.75) is 100 Å². The van der Waals surface area contributed by atoms with E-state index in [0.29, 0.717) is 102 Å². The molecule has 0 amide bonds. The lowest BCUT2D eigenvalue weighted by atomic mass is 9.87. The number of thioether (sulfide) groups is 2. The van der Waals surface area contributed by atoms with E-state index in [-0.39, 0.29) is 88.9 Å². The van der Waals surface area contributed by atoms with Crippen LogP contribution in [0.4, 0.5) is 0 Å². The molecule has 7 rings (SSSR count). The number of aryl methyl sites for hydroxylation is 1. The maximum Gasteiger partial charge on any atom is 0.343 e. The van der Waals surface area contributed by atoms with Gasteiger partial charge >= 0.3 is 35.8 Å². The van der Waals surface area contributed by atoms with Crippen molar-refractivity contribution in [1.29, 1.82) is 0 Å². The third-order valence-corrected chi connectivity index (χ3v) is 15.0. The van der Waals surface area contributed by atoms with Gasteiger partial charge in [-0.2, -0.15) is 0 Å². The Labute approximate surface area is 430 Å². The molecular weight excluding hydrogens is 981 g/mol. The third kappa shape index (κ3) is 14.5. The van der Waals surface area contributed by atoms with Crippen LogP contribution in [0.3, 0.4) is 0 Å². The molecule has 1 N–H and O–H groups in total. The highest BCUT2D eigenvalue weighted by Gasteiger charge is 2.32. The number of hydrogen-bond acceptors (Lipinski definition) is 17. The zero-order valence-electron chi connectivity index (χ0n) is 40.9. The van der Waals surface area contributed by atoms with E-state index in [2.05, 4.69) is 18.3 Å². The summed E-state index contributed by atoms with van der Waals surface area (Å²) in [7, 11) is 1.62. The number of H-pyrrole nitrogens is 1. The Morgan fingerprint density at radius 3 is 1.40 bits per heavy atom. The maximum atomic E-state index is 13.7. The monoisotopic (exact) mass is 1040 g/mol. The van der Waals surface area contributed by atoms with Gasteiger partial charge < -0.3 is 37.9 Å². The van der Waals surface area contributed by atoms with Gasteiger partial charge in [-0.1, -0.05) is 42.3 Å². The van der Waals surface area contributed by atoms with Crippen LogP contribution in [0.5, 0.6) is 23.0 Å². The second-order valence-electron chi connectivity index (χ2n) is 17.7. The standard InChI is InChI=1S/C54H58N2O15S2/c1-6-43(57)66-30-8-28-64-37-18-10-33(11-19-37)50(60)68-39-22-14-35(15-23-39)52(62)70-41-26-27-42(48-47(41)72-54(73-48)45-46(32(3)4)55-56(5)49(45)59)71-53(63)36-16-24-40(25-17-36)69-51(61)34-12-20-38(21-13-34)65-29-9-31-67-44(58)7-2/h6-7,14-17,22-27,33-34,37-38,55H,1-2,8-13,18-21,28-31H2,3-5H3. The average molecular weight is 1040 g/mol. The van der Waals surface area contributed by atoms with Crippen molar-refractivity contribution in [3.05, 3.63) is 118 Å². The Kier molecular flexibility index (Phi) is 19.1. The Hall–Kier alpha value is -6.67. The van der Waals surface area contributed by atoms with E-state index in [1.807, 2.05) is 13.8 Å². The van der Waals surface area contributed by atoms with Gasteiger partial charge in [0, 0.05) is 32.0 Å². The van der Waals surface area contributed by atoms with Crippen molar-refractivity contribution < 1.29 is 66.7 Å². The molecule has 0 radical (unpaired) electrons. The smallest absolute Gasteiger partial charge is 0.343 e. The van der Waals surface area contributed by atoms with Gasteiger partial charge in [-0.15, -0.1) is 0 Å². The molecule has 0 spiro atoms. The molecule has 17 nitrogen and oxygen atoms in total. The van der Waals surface area contributed by atoms with Gasteiger partial charge in [0.2, 0.25) is 0 Å². The summed E-state index contributed by atoms with van der Waals surface area (Å²) >= 11 is 2.42. The molecule has 73 heavy (non-hydrogen) atoms. The number of ether oxygens (including phenoxy) is 8. The van der Waals surface area contributed by atoms with Gasteiger partial charge in [0.15, 0.2) is 0 Å². The quantitative estimate of drug-likeness (QED) is 0.0392. The van der Waals surface area contributed by atoms with Gasteiger partial charge in [-0.05, 0) is 126 Å². The number of rotatable bonds is 20. The van der Waals surface area contributed by atoms with E-state index in [4.69, 9.17) is 37.9 Å². The van der Waals surface area contributed by atoms with Gasteiger partial charge in [0.25, 0.3) is 5.56 Å². The lowest BCUT2D eigenvalue weighted by Crippen LogP contribution is -2.36. The van der Waals surface area contributed by atoms with Gasteiger partial charge in [0.1, 0.15) is 23.0 Å². The van der Waals surface area contributed by atoms with Crippen LogP contribution in [0.15, 0.2) is 101 Å². The summed E-state index contributed by atoms with van der Waals surface area (Å²) in [5.74, 6) is -2.79. The minimum Gasteiger partial charge on any atom is -0.462 e. The fourth-order valence-corrected chi connectivity index (χ4v) is 11.0. The van der Waals surface area contributed by atoms with Crippen molar-refractivity contribution in [3.63, 3.8) is 0 Å². The van der Waals surface area contributed by atoms with Gasteiger partial charge in [-0.3, -0.25) is 24.2 Å². The number of nitrogens with zero attached hydrogens (tertiary/aromatic N) is 1. The number of hydrogen-bond donors (Lipinski definition) is 1. The van der Waals surface area contributed by atoms with Crippen molar-refractivity contribution in [2.24, 2.45) is 18.9 Å². The van der Waals surface area contributed by atoms with Crippen LogP contribution in [0, 0.1) is 11.8 Å². The molecule has 386 valence electrons. The fourth-order valence-electron chi connectivity index (χ4n) is 8.34. The van der Waals surface area contributed by atoms with Crippen molar-refractivity contribution in [3.8, 4) is 23.0 Å². The van der Waals surface area contributed by atoms with Crippen molar-refractivity contribution in [2.75, 3.05) is 26.4 Å². The van der Waals surface area contributed by atoms with Crippen LogP contribution >= 0.6 is 23.5 Å². The van der Waals surface area contributed by atoms with E-state index in [1.165, 1.54) is 88.9 Å². The molecule has 2 fully saturated rings. The lowest BCUT2D eigenvalue weighted by molar-refractivity contribution is -0.142. The Morgan fingerprint density at radius 1 is 0.603 bits per heavy atom. The average Bonchev–Trinajstić information content (AvgIpc) is 3.98. The molecule has 2 saturated carbocycles. The topological polar surface area (TPSA) is 214 Å². The molecule has 0 unspecified atom stereocenters. The second kappa shape index (κ2) is 25.8. The van der Waals surface area contributed by atoms with E-state index in [9.17, 15) is 33.6 Å². The molecule has 1 aliphatic heterocycles. The molecule has 0 saturated heterocycles. The predicted molar refractivity (Wildman–Crippen MR) is 271 cm³/mol. The summed E-state index contributed by atoms with van der Waals surface area (Å²) in [5, 5.41) is 4.15. The fraction of sp³-hybridized carbons (Fsp3) is 0.389. The summed E-state index contributed by atoms with van der Waals surface area (Å²) in [6.07, 6.45) is 8.53. The van der Waals surface area contributed by atoms with Crippen LogP contribution in [0.2, 0.25) is 0 Å². The summed E-state index contributed by atoms with van der Waals surface area (Å²) in [6.45, 7) is 11.9. The highest BCUT2D eigenvalue weighted by atomic mass is 32.2. The Bertz CT molecular complexity index is 2730. The highest BCUT2D eigenvalue weighted by molar-refractivity contribution is 8.32. The van der Waals surface area contributed by atoms with Crippen LogP contribution in [-0.4, -0.2) is 84.2 Å². The first-order valence-corrected chi connectivity index (χ1v) is 25.7. The molecule has 3 aliphatic rings. The molecule has 0 atom stereocenters. The van der Waals surface area contributed by atoms with E-state index in [1.54, 1.807) is 7.05 Å². The minimum absolute atomic E-state index is 0.00674. The van der Waals surface area contributed by atoms with Crippen molar-refractivity contribution in [1.82, 2.24) is 9.78 Å². The van der Waals surface area contributed by atoms with Crippen LogP contribution in [0.25, 0.3) is 9.81 Å². The first kappa shape index (κ1) is 54.1. The zero-order chi connectivity index (χ0) is 52.0. The number of aromatic amines is 1. The number of aromatic nitrogens is 2. The second-order valence-corrected chi connectivity index (χ2v) is 20.0. The van der Waals surface area contributed by atoms with E-state index >= 15 is 0 Å². The number of carbonyl (C=O) groups is 6. The molecule has 1 aromatic heterocycles. The molecule has 2 heterocycles. The van der Waals surface area contributed by atoms with Crippen LogP contribution in [-0.2, 0) is 45.2 Å². The van der Waals surface area contributed by atoms with Crippen LogP contribution in [0.1, 0.15) is 98.8 Å². The zero-order valence-corrected chi connectivity index (χ0v) is 42.6. The number of nitrogens with one attached hydrogen (secondary N) is 1. The maximum absolute atomic E-state index is 13.7. The molecule has 2 aliphatic carbocycles. The van der Waals surface area contributed by atoms with Crippen molar-refractivity contribution >= 4 is 69.1 Å². The molecule has 4 aromatic rings. The van der Waals surface area contributed by atoms with E-state index in [0.717, 1.165) is 17.7 Å². The number of fused-ring (bicyclic) bond motifs is 1. The number of benzene rings is 3. The summed E-state index contributed by atoms with van der Waals surface area (Å²) in [5.41, 5.74) is 0.967. The Balaban J connectivity index is 0.964. The number of carbonyl (C=O) groups excluding carboxylic acids is 6. The van der Waals surface area contributed by atoms with Gasteiger partial charge in [0.05, 0.1) is 86.2 Å². The largest absolute Gasteiger partial charge is 0.462 e. The first-order valence-electron chi connectivity index (χ1n) is 24.1. The highest BCUT2D eigenvalue weighted by Crippen LogP contribution is 2.58. The summed E-state index contributed by atoms with van der Waals surface area (Å²) < 4.78 is 47.0. The molecule has 19 heteroatoms. The summed E-state index contributed by atoms with van der Waals surface area (Å²) in [6, 6.07) is 15.1. The Morgan fingerprint density at radius 2 is 1.01 bits per heavy atom. The molecule has 0 bridgehead atoms. The normalized spacial score (nSPS) is 18.2. The molecule has 3 aromatic carbocycles. The minimum atomic E-state index is -0.697. The predicted octanol–water partition coefficient (Wildman–Crippen LogP) is 7.51. The van der Waals surface area contributed by atoms with Gasteiger partial charge in [-0.25, -0.2) is 19.2 Å². The SMILES string of the molecule is C=CC(=O)OCCCOC1CCC(C(=O)Oc2ccc(C(=O)Oc3ccc(OC(=O)c4ccc(OC(=O)C5CCC(OCCCOC(=O)C=C)CC5)cc4)c4c3SC(=c3c(=C(C)C)[nH]n(C)c3=O)S4)cc2)CC1. The molecular formula is C54H58N2O15S2. The van der Waals surface area contributed by atoms with E-state index < -0.39 is 23.9 Å². The third-order valence-electron chi connectivity index (χ3n) is 12.3. The first-order chi connectivity index (χ1) is 35.2. The summed E-state index contributed by atoms with van der Waals surface area (Å²) in [4.78, 5) is 90.3. The number of esters is 6. The van der Waals surface area contributed by atoms with Crippen LogP contribution < -0.4 is 35.1 Å².